The first-order valence-electron chi connectivity index (χ1n) is 8.81. The molecule has 2 heterocycles. The van der Waals surface area contributed by atoms with Gasteiger partial charge in [-0.3, -0.25) is 9.48 Å². The summed E-state index contributed by atoms with van der Waals surface area (Å²) in [5.74, 6) is 1.55. The molecule has 1 amide bonds. The van der Waals surface area contributed by atoms with Crippen LogP contribution in [0.1, 0.15) is 57.8 Å². The van der Waals surface area contributed by atoms with Crippen LogP contribution in [0.15, 0.2) is 12.4 Å². The van der Waals surface area contributed by atoms with E-state index in [0.29, 0.717) is 5.56 Å². The fraction of sp³-hybridized carbons (Fsp3) is 0.778. The van der Waals surface area contributed by atoms with Crippen LogP contribution in [-0.2, 0) is 5.54 Å². The van der Waals surface area contributed by atoms with Crippen molar-refractivity contribution >= 4 is 5.91 Å². The van der Waals surface area contributed by atoms with Crippen LogP contribution in [0.2, 0.25) is 0 Å². The maximum absolute atomic E-state index is 12.2. The average molecular weight is 320 g/mol. The van der Waals surface area contributed by atoms with Crippen molar-refractivity contribution in [2.45, 2.75) is 53.0 Å². The molecule has 1 aliphatic heterocycles. The third kappa shape index (κ3) is 5.34. The molecule has 1 fully saturated rings. The minimum absolute atomic E-state index is 0.0270. The molecule has 0 spiro atoms. The highest BCUT2D eigenvalue weighted by atomic mass is 16.1. The Kier molecular flexibility index (Phi) is 5.84. The molecule has 130 valence electrons. The molecule has 0 aliphatic carbocycles. The fourth-order valence-corrected chi connectivity index (χ4v) is 3.39. The summed E-state index contributed by atoms with van der Waals surface area (Å²) in [6.45, 7) is 15.0. The second-order valence-electron chi connectivity index (χ2n) is 8.16. The predicted octanol–water partition coefficient (Wildman–Crippen LogP) is 2.74. The number of piperidine rings is 1. The minimum atomic E-state index is -0.0970. The van der Waals surface area contributed by atoms with Gasteiger partial charge in [0.05, 0.1) is 17.3 Å². The number of carbonyl (C=O) groups is 1. The maximum atomic E-state index is 12.2. The normalized spacial score (nSPS) is 23.0. The molecule has 5 heteroatoms. The zero-order valence-electron chi connectivity index (χ0n) is 15.3. The minimum Gasteiger partial charge on any atom is -0.352 e. The number of aromatic nitrogens is 2. The molecule has 2 unspecified atom stereocenters. The van der Waals surface area contributed by atoms with Gasteiger partial charge in [0.1, 0.15) is 0 Å². The van der Waals surface area contributed by atoms with E-state index in [1.165, 1.54) is 19.5 Å². The molecule has 0 radical (unpaired) electrons. The Morgan fingerprint density at radius 1 is 1.30 bits per heavy atom. The van der Waals surface area contributed by atoms with Gasteiger partial charge < -0.3 is 10.2 Å². The number of hydrogen-bond acceptors (Lipinski definition) is 3. The highest BCUT2D eigenvalue weighted by Gasteiger charge is 2.21. The monoisotopic (exact) mass is 320 g/mol. The molecule has 2 rings (SSSR count). The predicted molar refractivity (Wildman–Crippen MR) is 93.6 cm³/mol. The third-order valence-electron chi connectivity index (χ3n) is 4.41. The van der Waals surface area contributed by atoms with E-state index in [1.807, 2.05) is 10.9 Å². The molecule has 2 atom stereocenters. The van der Waals surface area contributed by atoms with Crippen molar-refractivity contribution in [2.24, 2.45) is 11.8 Å². The molecule has 0 bridgehead atoms. The van der Waals surface area contributed by atoms with Gasteiger partial charge in [0.2, 0.25) is 0 Å². The van der Waals surface area contributed by atoms with Gasteiger partial charge in [-0.1, -0.05) is 13.8 Å². The van der Waals surface area contributed by atoms with E-state index in [0.717, 1.165) is 31.3 Å². The molecule has 1 N–H and O–H groups in total. The standard InChI is InChI=1S/C18H32N4O/c1-14-9-15(2)12-21(11-14)8-6-7-19-17(23)16-10-20-22(13-16)18(3,4)5/h10,13-15H,6-9,11-12H2,1-5H3,(H,19,23). The van der Waals surface area contributed by atoms with Gasteiger partial charge in [0.15, 0.2) is 0 Å². The zero-order chi connectivity index (χ0) is 17.0. The first-order chi connectivity index (χ1) is 10.8. The second-order valence-corrected chi connectivity index (χ2v) is 8.16. The Labute approximate surface area is 140 Å². The average Bonchev–Trinajstić information content (AvgIpc) is 2.92. The summed E-state index contributed by atoms with van der Waals surface area (Å²) < 4.78 is 1.83. The van der Waals surface area contributed by atoms with Crippen molar-refractivity contribution in [3.05, 3.63) is 18.0 Å². The molecule has 1 saturated heterocycles. The Bertz CT molecular complexity index is 507. The molecule has 23 heavy (non-hydrogen) atoms. The Hall–Kier alpha value is -1.36. The van der Waals surface area contributed by atoms with E-state index >= 15 is 0 Å². The van der Waals surface area contributed by atoms with Crippen LogP contribution in [0.4, 0.5) is 0 Å². The van der Waals surface area contributed by atoms with Crippen LogP contribution in [0.5, 0.6) is 0 Å². The van der Waals surface area contributed by atoms with Gasteiger partial charge in [-0.15, -0.1) is 0 Å². The van der Waals surface area contributed by atoms with Crippen LogP contribution in [0.3, 0.4) is 0 Å². The number of rotatable bonds is 5. The zero-order valence-corrected chi connectivity index (χ0v) is 15.3. The highest BCUT2D eigenvalue weighted by Crippen LogP contribution is 2.20. The molecule has 1 aromatic heterocycles. The van der Waals surface area contributed by atoms with Crippen LogP contribution in [0, 0.1) is 11.8 Å². The summed E-state index contributed by atoms with van der Waals surface area (Å²) in [4.78, 5) is 14.7. The van der Waals surface area contributed by atoms with E-state index in [2.05, 4.69) is 49.9 Å². The molecule has 0 aromatic carbocycles. The summed E-state index contributed by atoms with van der Waals surface area (Å²) >= 11 is 0. The van der Waals surface area contributed by atoms with E-state index in [1.54, 1.807) is 6.20 Å². The number of nitrogens with zero attached hydrogens (tertiary/aromatic N) is 3. The van der Waals surface area contributed by atoms with Crippen molar-refractivity contribution in [3.8, 4) is 0 Å². The summed E-state index contributed by atoms with van der Waals surface area (Å²) in [5, 5.41) is 7.28. The number of likely N-dealkylation sites (tertiary alicyclic amines) is 1. The van der Waals surface area contributed by atoms with Gasteiger partial charge in [0, 0.05) is 25.8 Å². The molecule has 1 aliphatic rings. The van der Waals surface area contributed by atoms with Gasteiger partial charge in [-0.25, -0.2) is 0 Å². The SMILES string of the molecule is CC1CC(C)CN(CCCNC(=O)c2cnn(C(C)(C)C)c2)C1. The van der Waals surface area contributed by atoms with Gasteiger partial charge >= 0.3 is 0 Å². The molecule has 5 nitrogen and oxygen atoms in total. The summed E-state index contributed by atoms with van der Waals surface area (Å²) in [6.07, 6.45) is 5.81. The smallest absolute Gasteiger partial charge is 0.254 e. The summed E-state index contributed by atoms with van der Waals surface area (Å²) in [6, 6.07) is 0. The quantitative estimate of drug-likeness (QED) is 0.849. The molecular weight excluding hydrogens is 288 g/mol. The van der Waals surface area contributed by atoms with Crippen LogP contribution in [-0.4, -0.2) is 46.8 Å². The van der Waals surface area contributed by atoms with E-state index < -0.39 is 0 Å². The highest BCUT2D eigenvalue weighted by molar-refractivity contribution is 5.93. The van der Waals surface area contributed by atoms with Crippen molar-refractivity contribution in [1.82, 2.24) is 20.0 Å². The fourth-order valence-electron chi connectivity index (χ4n) is 3.39. The number of nitrogens with one attached hydrogen (secondary N) is 1. The van der Waals surface area contributed by atoms with Crippen molar-refractivity contribution in [1.29, 1.82) is 0 Å². The first kappa shape index (κ1) is 18.0. The second kappa shape index (κ2) is 7.47. The van der Waals surface area contributed by atoms with Crippen LogP contribution in [0.25, 0.3) is 0 Å². The maximum Gasteiger partial charge on any atom is 0.254 e. The van der Waals surface area contributed by atoms with Gasteiger partial charge in [0.25, 0.3) is 5.91 Å². The van der Waals surface area contributed by atoms with Crippen molar-refractivity contribution in [2.75, 3.05) is 26.2 Å². The number of carbonyl (C=O) groups excluding carboxylic acids is 1. The summed E-state index contributed by atoms with van der Waals surface area (Å²) in [5.41, 5.74) is 0.542. The topological polar surface area (TPSA) is 50.2 Å². The van der Waals surface area contributed by atoms with Gasteiger partial charge in [-0.05, 0) is 52.0 Å². The third-order valence-corrected chi connectivity index (χ3v) is 4.41. The van der Waals surface area contributed by atoms with Gasteiger partial charge in [-0.2, -0.15) is 5.10 Å². The largest absolute Gasteiger partial charge is 0.352 e. The van der Waals surface area contributed by atoms with E-state index in [9.17, 15) is 4.79 Å². The lowest BCUT2D eigenvalue weighted by Crippen LogP contribution is -2.40. The number of amides is 1. The molecule has 0 saturated carbocycles. The lowest BCUT2D eigenvalue weighted by Gasteiger charge is -2.34. The molecular formula is C18H32N4O. The lowest BCUT2D eigenvalue weighted by atomic mass is 9.92. The van der Waals surface area contributed by atoms with Crippen LogP contribution >= 0.6 is 0 Å². The van der Waals surface area contributed by atoms with Crippen molar-refractivity contribution < 1.29 is 4.79 Å². The van der Waals surface area contributed by atoms with Crippen LogP contribution < -0.4 is 5.32 Å². The molecule has 1 aromatic rings. The lowest BCUT2D eigenvalue weighted by molar-refractivity contribution is 0.0947. The van der Waals surface area contributed by atoms with Crippen molar-refractivity contribution in [3.63, 3.8) is 0 Å². The van der Waals surface area contributed by atoms with E-state index in [4.69, 9.17) is 0 Å². The summed E-state index contributed by atoms with van der Waals surface area (Å²) in [7, 11) is 0. The first-order valence-corrected chi connectivity index (χ1v) is 8.81. The number of hydrogen-bond donors (Lipinski definition) is 1. The van der Waals surface area contributed by atoms with E-state index in [-0.39, 0.29) is 11.4 Å². The Balaban J connectivity index is 1.72. The Morgan fingerprint density at radius 2 is 1.96 bits per heavy atom. The Morgan fingerprint density at radius 3 is 2.52 bits per heavy atom.